The van der Waals surface area contributed by atoms with E-state index in [2.05, 4.69) is 19.2 Å². The molecule has 1 saturated carbocycles. The molecule has 0 bridgehead atoms. The van der Waals surface area contributed by atoms with E-state index in [4.69, 9.17) is 9.73 Å². The second-order valence-corrected chi connectivity index (χ2v) is 5.07. The highest BCUT2D eigenvalue weighted by atomic mass is 16.5. The minimum absolute atomic E-state index is 0.0539. The average molecular weight is 238 g/mol. The lowest BCUT2D eigenvalue weighted by atomic mass is 9.76. The zero-order valence-corrected chi connectivity index (χ0v) is 10.9. The molecule has 0 aromatic carbocycles. The quantitative estimate of drug-likeness (QED) is 0.756. The van der Waals surface area contributed by atoms with Crippen molar-refractivity contribution in [1.82, 2.24) is 5.32 Å². The third-order valence-corrected chi connectivity index (χ3v) is 4.07. The van der Waals surface area contributed by atoms with E-state index >= 15 is 0 Å². The van der Waals surface area contributed by atoms with Crippen LogP contribution in [0.2, 0.25) is 0 Å². The number of nitrogens with zero attached hydrogens (tertiary/aromatic N) is 1. The van der Waals surface area contributed by atoms with Gasteiger partial charge in [0.15, 0.2) is 0 Å². The van der Waals surface area contributed by atoms with Gasteiger partial charge in [-0.25, -0.2) is 0 Å². The van der Waals surface area contributed by atoms with Gasteiger partial charge in [-0.3, -0.25) is 9.79 Å². The van der Waals surface area contributed by atoms with E-state index < -0.39 is 0 Å². The van der Waals surface area contributed by atoms with Crippen molar-refractivity contribution < 1.29 is 9.53 Å². The lowest BCUT2D eigenvalue weighted by Gasteiger charge is -2.32. The van der Waals surface area contributed by atoms with Crippen molar-refractivity contribution in [1.29, 1.82) is 0 Å². The third-order valence-electron chi connectivity index (χ3n) is 4.07. The SMILES string of the molecule is CCN[C@H]1C(C)=N[C@H]2C[C@@H](C(=O)OC)CC[C@H]21. The molecule has 4 nitrogen and oxygen atoms in total. The van der Waals surface area contributed by atoms with Gasteiger partial charge in [0.25, 0.3) is 0 Å². The van der Waals surface area contributed by atoms with E-state index in [1.54, 1.807) is 0 Å². The fraction of sp³-hybridized carbons (Fsp3) is 0.846. The number of hydrogen-bond donors (Lipinski definition) is 1. The molecule has 0 amide bonds. The lowest BCUT2D eigenvalue weighted by molar-refractivity contribution is -0.147. The van der Waals surface area contributed by atoms with Crippen LogP contribution in [0, 0.1) is 11.8 Å². The molecule has 0 saturated heterocycles. The smallest absolute Gasteiger partial charge is 0.308 e. The number of aliphatic imine (C=N–C) groups is 1. The summed E-state index contributed by atoms with van der Waals surface area (Å²) in [5.41, 5.74) is 1.20. The molecule has 17 heavy (non-hydrogen) atoms. The molecule has 4 heteroatoms. The van der Waals surface area contributed by atoms with Crippen LogP contribution in [-0.2, 0) is 9.53 Å². The van der Waals surface area contributed by atoms with Crippen LogP contribution in [0.4, 0.5) is 0 Å². The van der Waals surface area contributed by atoms with Crippen molar-refractivity contribution in [2.24, 2.45) is 16.8 Å². The van der Waals surface area contributed by atoms with Crippen LogP contribution < -0.4 is 5.32 Å². The summed E-state index contributed by atoms with van der Waals surface area (Å²) in [5.74, 6) is 0.567. The Morgan fingerprint density at radius 2 is 2.29 bits per heavy atom. The number of methoxy groups -OCH3 is 1. The molecular formula is C13H22N2O2. The van der Waals surface area contributed by atoms with Crippen molar-refractivity contribution in [3.8, 4) is 0 Å². The summed E-state index contributed by atoms with van der Waals surface area (Å²) in [6.07, 6.45) is 2.87. The molecule has 2 rings (SSSR count). The maximum absolute atomic E-state index is 11.6. The highest BCUT2D eigenvalue weighted by molar-refractivity contribution is 5.89. The summed E-state index contributed by atoms with van der Waals surface area (Å²) in [5, 5.41) is 3.50. The molecule has 1 heterocycles. The lowest BCUT2D eigenvalue weighted by Crippen LogP contribution is -2.43. The Kier molecular flexibility index (Phi) is 3.82. The molecular weight excluding hydrogens is 216 g/mol. The van der Waals surface area contributed by atoms with Crippen LogP contribution in [0.5, 0.6) is 0 Å². The van der Waals surface area contributed by atoms with Crippen LogP contribution in [0.15, 0.2) is 4.99 Å². The minimum atomic E-state index is -0.0665. The number of fused-ring (bicyclic) bond motifs is 1. The maximum Gasteiger partial charge on any atom is 0.308 e. The predicted octanol–water partition coefficient (Wildman–Crippen LogP) is 1.40. The van der Waals surface area contributed by atoms with E-state index in [-0.39, 0.29) is 11.9 Å². The second-order valence-electron chi connectivity index (χ2n) is 5.07. The first-order chi connectivity index (χ1) is 8.17. The Balaban J connectivity index is 2.02. The minimum Gasteiger partial charge on any atom is -0.469 e. The van der Waals surface area contributed by atoms with E-state index in [0.29, 0.717) is 18.0 Å². The van der Waals surface area contributed by atoms with Crippen LogP contribution >= 0.6 is 0 Å². The summed E-state index contributed by atoms with van der Waals surface area (Å²) in [7, 11) is 1.47. The molecule has 1 aliphatic heterocycles. The molecule has 4 atom stereocenters. The Morgan fingerprint density at radius 3 is 2.94 bits per heavy atom. The van der Waals surface area contributed by atoms with Crippen molar-refractivity contribution >= 4 is 11.7 Å². The highest BCUT2D eigenvalue weighted by Crippen LogP contribution is 2.37. The molecule has 1 aliphatic carbocycles. The van der Waals surface area contributed by atoms with E-state index in [0.717, 1.165) is 25.8 Å². The normalized spacial score (nSPS) is 36.3. The van der Waals surface area contributed by atoms with Crippen molar-refractivity contribution in [2.75, 3.05) is 13.7 Å². The van der Waals surface area contributed by atoms with Crippen LogP contribution in [0.25, 0.3) is 0 Å². The van der Waals surface area contributed by atoms with Gasteiger partial charge in [-0.1, -0.05) is 6.92 Å². The Labute approximate surface area is 103 Å². The number of ether oxygens (including phenoxy) is 1. The van der Waals surface area contributed by atoms with Gasteiger partial charge in [0.1, 0.15) is 0 Å². The van der Waals surface area contributed by atoms with Gasteiger partial charge in [-0.15, -0.1) is 0 Å². The number of esters is 1. The summed E-state index contributed by atoms with van der Waals surface area (Å²) in [6, 6.07) is 0.737. The molecule has 0 aromatic rings. The van der Waals surface area contributed by atoms with Gasteiger partial charge >= 0.3 is 5.97 Å². The number of carbonyl (C=O) groups excluding carboxylic acids is 1. The molecule has 96 valence electrons. The number of hydrogen-bond acceptors (Lipinski definition) is 4. The van der Waals surface area contributed by atoms with Gasteiger partial charge in [-0.2, -0.15) is 0 Å². The third kappa shape index (κ3) is 2.37. The molecule has 0 aromatic heterocycles. The van der Waals surface area contributed by atoms with Crippen LogP contribution in [0.1, 0.15) is 33.1 Å². The topological polar surface area (TPSA) is 50.7 Å². The maximum atomic E-state index is 11.6. The summed E-state index contributed by atoms with van der Waals surface area (Å²) in [4.78, 5) is 16.3. The van der Waals surface area contributed by atoms with Crippen LogP contribution in [-0.4, -0.2) is 37.4 Å². The number of carbonyl (C=O) groups is 1. The molecule has 1 N–H and O–H groups in total. The number of rotatable bonds is 3. The fourth-order valence-corrected chi connectivity index (χ4v) is 3.26. The number of nitrogens with one attached hydrogen (secondary N) is 1. The average Bonchev–Trinajstić information content (AvgIpc) is 2.64. The van der Waals surface area contributed by atoms with Gasteiger partial charge in [-0.05, 0) is 32.7 Å². The highest BCUT2D eigenvalue weighted by Gasteiger charge is 2.42. The Hall–Kier alpha value is -0.900. The predicted molar refractivity (Wildman–Crippen MR) is 67.2 cm³/mol. The molecule has 2 aliphatic rings. The van der Waals surface area contributed by atoms with E-state index in [1.807, 2.05) is 0 Å². The Bertz CT molecular complexity index is 327. The summed E-state index contributed by atoms with van der Waals surface area (Å²) < 4.78 is 4.84. The zero-order valence-electron chi connectivity index (χ0n) is 10.9. The van der Waals surface area contributed by atoms with E-state index in [9.17, 15) is 4.79 Å². The van der Waals surface area contributed by atoms with Crippen molar-refractivity contribution in [3.05, 3.63) is 0 Å². The first kappa shape index (κ1) is 12.6. The fourth-order valence-electron chi connectivity index (χ4n) is 3.26. The van der Waals surface area contributed by atoms with Gasteiger partial charge in [0, 0.05) is 17.7 Å². The second kappa shape index (κ2) is 5.17. The van der Waals surface area contributed by atoms with Gasteiger partial charge < -0.3 is 10.1 Å². The summed E-state index contributed by atoms with van der Waals surface area (Å²) >= 11 is 0. The van der Waals surface area contributed by atoms with Crippen LogP contribution in [0.3, 0.4) is 0 Å². The zero-order chi connectivity index (χ0) is 12.4. The molecule has 0 spiro atoms. The monoisotopic (exact) mass is 238 g/mol. The van der Waals surface area contributed by atoms with Crippen molar-refractivity contribution in [2.45, 2.75) is 45.2 Å². The molecule has 0 radical (unpaired) electrons. The Morgan fingerprint density at radius 1 is 1.53 bits per heavy atom. The molecule has 1 fully saturated rings. The standard InChI is InChI=1S/C13H22N2O2/c1-4-14-12-8(2)15-11-7-9(13(16)17-3)5-6-10(11)12/h9-12,14H,4-7H2,1-3H3/t9-,10+,11-,12-/m0/s1. The van der Waals surface area contributed by atoms with Gasteiger partial charge in [0.2, 0.25) is 0 Å². The van der Waals surface area contributed by atoms with Gasteiger partial charge in [0.05, 0.1) is 19.1 Å². The molecule has 0 unspecified atom stereocenters. The van der Waals surface area contributed by atoms with Crippen molar-refractivity contribution in [3.63, 3.8) is 0 Å². The summed E-state index contributed by atoms with van der Waals surface area (Å²) in [6.45, 7) is 5.20. The first-order valence-electron chi connectivity index (χ1n) is 6.52. The van der Waals surface area contributed by atoms with E-state index in [1.165, 1.54) is 12.8 Å². The first-order valence-corrected chi connectivity index (χ1v) is 6.52. The largest absolute Gasteiger partial charge is 0.469 e.